The van der Waals surface area contributed by atoms with E-state index in [0.29, 0.717) is 0 Å². The van der Waals surface area contributed by atoms with E-state index in [4.69, 9.17) is 4.74 Å². The third kappa shape index (κ3) is 4.07. The Morgan fingerprint density at radius 1 is 1.19 bits per heavy atom. The second kappa shape index (κ2) is 7.26. The molecule has 0 atom stereocenters. The molecule has 0 spiro atoms. The summed E-state index contributed by atoms with van der Waals surface area (Å²) < 4.78 is 6.20. The molecule has 0 aliphatic heterocycles. The van der Waals surface area contributed by atoms with Crippen LogP contribution < -0.4 is 15.4 Å². The highest BCUT2D eigenvalue weighted by Crippen LogP contribution is 2.29. The van der Waals surface area contributed by atoms with Crippen molar-refractivity contribution in [2.45, 2.75) is 19.8 Å². The van der Waals surface area contributed by atoms with Crippen molar-refractivity contribution in [1.29, 1.82) is 0 Å². The van der Waals surface area contributed by atoms with Crippen LogP contribution in [-0.4, -0.2) is 24.1 Å². The molecule has 5 nitrogen and oxygen atoms in total. The molecule has 6 heteroatoms. The molecule has 0 aliphatic rings. The van der Waals surface area contributed by atoms with Gasteiger partial charge >= 0.3 is 0 Å². The lowest BCUT2D eigenvalue weighted by Gasteiger charge is -2.12. The predicted molar refractivity (Wildman–Crippen MR) is 89.6 cm³/mol. The number of hydrogen-bond acceptors (Lipinski definition) is 5. The van der Waals surface area contributed by atoms with Crippen LogP contribution in [0.5, 0.6) is 5.75 Å². The van der Waals surface area contributed by atoms with Crippen LogP contribution in [0.25, 0.3) is 0 Å². The zero-order chi connectivity index (χ0) is 15.2. The Labute approximate surface area is 133 Å². The van der Waals surface area contributed by atoms with Gasteiger partial charge in [-0.05, 0) is 34.5 Å². The number of hydrogen-bond donors (Lipinski definition) is 2. The van der Waals surface area contributed by atoms with Crippen LogP contribution >= 0.6 is 15.9 Å². The molecule has 0 amide bonds. The second-order valence-electron chi connectivity index (χ2n) is 4.53. The maximum absolute atomic E-state index is 5.25. The zero-order valence-electron chi connectivity index (χ0n) is 12.4. The number of methoxy groups -OCH3 is 1. The fourth-order valence-corrected chi connectivity index (χ4v) is 2.24. The lowest BCUT2D eigenvalue weighted by atomic mass is 10.3. The Morgan fingerprint density at radius 3 is 2.62 bits per heavy atom. The van der Waals surface area contributed by atoms with E-state index >= 15 is 0 Å². The van der Waals surface area contributed by atoms with Gasteiger partial charge in [0.2, 0.25) is 0 Å². The molecule has 0 radical (unpaired) electrons. The Morgan fingerprint density at radius 2 is 1.95 bits per heavy atom. The first kappa shape index (κ1) is 15.6. The van der Waals surface area contributed by atoms with Gasteiger partial charge in [-0.15, -0.1) is 0 Å². The van der Waals surface area contributed by atoms with Crippen molar-refractivity contribution in [2.75, 3.05) is 24.8 Å². The summed E-state index contributed by atoms with van der Waals surface area (Å²) in [7, 11) is 3.50. The van der Waals surface area contributed by atoms with E-state index in [0.717, 1.165) is 46.2 Å². The molecule has 21 heavy (non-hydrogen) atoms. The van der Waals surface area contributed by atoms with Crippen molar-refractivity contribution in [3.63, 3.8) is 0 Å². The Bertz CT molecular complexity index is 619. The van der Waals surface area contributed by atoms with Crippen molar-refractivity contribution < 1.29 is 4.74 Å². The molecule has 0 saturated heterocycles. The summed E-state index contributed by atoms with van der Waals surface area (Å²) in [5.74, 6) is 3.17. The van der Waals surface area contributed by atoms with Crippen LogP contribution in [0.1, 0.15) is 19.2 Å². The Balaban J connectivity index is 2.32. The van der Waals surface area contributed by atoms with Gasteiger partial charge in [-0.2, -0.15) is 0 Å². The molecule has 0 fully saturated rings. The highest BCUT2D eigenvalue weighted by Gasteiger charge is 2.07. The minimum absolute atomic E-state index is 0.756. The molecule has 1 aromatic heterocycles. The van der Waals surface area contributed by atoms with Gasteiger partial charge in [0.15, 0.2) is 0 Å². The molecule has 112 valence electrons. The van der Waals surface area contributed by atoms with Crippen molar-refractivity contribution in [3.05, 3.63) is 34.6 Å². The number of benzene rings is 1. The molecule has 2 rings (SSSR count). The standard InChI is InChI=1S/C15H19BrN4O/c1-4-5-13-19-14(17-2)9-15(20-13)18-12-8-10(21-3)6-7-11(12)16/h6-9H,4-5H2,1-3H3,(H2,17,18,19,20). The summed E-state index contributed by atoms with van der Waals surface area (Å²) in [4.78, 5) is 8.98. The van der Waals surface area contributed by atoms with Crippen LogP contribution in [-0.2, 0) is 6.42 Å². The first-order chi connectivity index (χ1) is 10.2. The van der Waals surface area contributed by atoms with E-state index in [1.807, 2.05) is 31.3 Å². The zero-order valence-corrected chi connectivity index (χ0v) is 14.0. The molecule has 1 heterocycles. The normalized spacial score (nSPS) is 10.3. The minimum atomic E-state index is 0.756. The van der Waals surface area contributed by atoms with Gasteiger partial charge in [-0.1, -0.05) is 6.92 Å². The van der Waals surface area contributed by atoms with E-state index in [1.54, 1.807) is 7.11 Å². The lowest BCUT2D eigenvalue weighted by molar-refractivity contribution is 0.415. The highest BCUT2D eigenvalue weighted by atomic mass is 79.9. The molecular weight excluding hydrogens is 332 g/mol. The number of anilines is 3. The van der Waals surface area contributed by atoms with Crippen LogP contribution in [0.4, 0.5) is 17.3 Å². The van der Waals surface area contributed by atoms with Gasteiger partial charge in [0, 0.05) is 30.1 Å². The van der Waals surface area contributed by atoms with E-state index in [-0.39, 0.29) is 0 Å². The SMILES string of the molecule is CCCc1nc(NC)cc(Nc2cc(OC)ccc2Br)n1. The summed E-state index contributed by atoms with van der Waals surface area (Å²) in [6.45, 7) is 2.11. The predicted octanol–water partition coefficient (Wildman–Crippen LogP) is 3.99. The molecule has 2 N–H and O–H groups in total. The van der Waals surface area contributed by atoms with Gasteiger partial charge in [-0.3, -0.25) is 0 Å². The Kier molecular flexibility index (Phi) is 5.38. The molecule has 1 aromatic carbocycles. The van der Waals surface area contributed by atoms with E-state index in [2.05, 4.69) is 43.5 Å². The summed E-state index contributed by atoms with van der Waals surface area (Å²) in [6.07, 6.45) is 1.86. The van der Waals surface area contributed by atoms with Gasteiger partial charge in [0.1, 0.15) is 23.2 Å². The number of rotatable bonds is 6. The van der Waals surface area contributed by atoms with Crippen molar-refractivity contribution >= 4 is 33.3 Å². The lowest BCUT2D eigenvalue weighted by Crippen LogP contribution is -2.04. The van der Waals surface area contributed by atoms with Gasteiger partial charge < -0.3 is 15.4 Å². The monoisotopic (exact) mass is 350 g/mol. The summed E-state index contributed by atoms with van der Waals surface area (Å²) in [5.41, 5.74) is 0.901. The first-order valence-electron chi connectivity index (χ1n) is 6.82. The summed E-state index contributed by atoms with van der Waals surface area (Å²) in [5, 5.41) is 6.36. The van der Waals surface area contributed by atoms with Crippen LogP contribution in [0.2, 0.25) is 0 Å². The van der Waals surface area contributed by atoms with Crippen LogP contribution in [0.3, 0.4) is 0 Å². The molecule has 0 saturated carbocycles. The van der Waals surface area contributed by atoms with Crippen molar-refractivity contribution in [1.82, 2.24) is 9.97 Å². The Hall–Kier alpha value is -1.82. The number of nitrogens with one attached hydrogen (secondary N) is 2. The number of halogens is 1. The highest BCUT2D eigenvalue weighted by molar-refractivity contribution is 9.10. The number of nitrogens with zero attached hydrogens (tertiary/aromatic N) is 2. The van der Waals surface area contributed by atoms with Crippen LogP contribution in [0, 0.1) is 0 Å². The van der Waals surface area contributed by atoms with E-state index in [9.17, 15) is 0 Å². The van der Waals surface area contributed by atoms with Crippen molar-refractivity contribution in [3.8, 4) is 5.75 Å². The minimum Gasteiger partial charge on any atom is -0.497 e. The summed E-state index contributed by atoms with van der Waals surface area (Å²) >= 11 is 3.52. The quantitative estimate of drug-likeness (QED) is 0.824. The summed E-state index contributed by atoms with van der Waals surface area (Å²) in [6, 6.07) is 7.64. The third-order valence-corrected chi connectivity index (χ3v) is 3.63. The molecule has 0 aliphatic carbocycles. The van der Waals surface area contributed by atoms with Gasteiger partial charge in [0.05, 0.1) is 12.8 Å². The smallest absolute Gasteiger partial charge is 0.136 e. The fourth-order valence-electron chi connectivity index (χ4n) is 1.89. The molecule has 2 aromatic rings. The van der Waals surface area contributed by atoms with E-state index in [1.165, 1.54) is 0 Å². The number of aryl methyl sites for hydroxylation is 1. The first-order valence-corrected chi connectivity index (χ1v) is 7.61. The van der Waals surface area contributed by atoms with Crippen LogP contribution in [0.15, 0.2) is 28.7 Å². The molecule has 0 unspecified atom stereocenters. The largest absolute Gasteiger partial charge is 0.497 e. The number of ether oxygens (including phenoxy) is 1. The topological polar surface area (TPSA) is 59.1 Å². The number of aromatic nitrogens is 2. The van der Waals surface area contributed by atoms with E-state index < -0.39 is 0 Å². The fraction of sp³-hybridized carbons (Fsp3) is 0.333. The molecule has 0 bridgehead atoms. The molecular formula is C15H19BrN4O. The van der Waals surface area contributed by atoms with Gasteiger partial charge in [-0.25, -0.2) is 9.97 Å². The maximum atomic E-state index is 5.25. The van der Waals surface area contributed by atoms with Gasteiger partial charge in [0.25, 0.3) is 0 Å². The average molecular weight is 351 g/mol. The third-order valence-electron chi connectivity index (χ3n) is 2.94. The second-order valence-corrected chi connectivity index (χ2v) is 5.38. The van der Waals surface area contributed by atoms with Crippen molar-refractivity contribution in [2.24, 2.45) is 0 Å². The maximum Gasteiger partial charge on any atom is 0.136 e. The average Bonchev–Trinajstić information content (AvgIpc) is 2.49.